The number of rotatable bonds is 8. The molecule has 25 heavy (non-hydrogen) atoms. The summed E-state index contributed by atoms with van der Waals surface area (Å²) in [6.07, 6.45) is 0. The molecular weight excluding hydrogens is 364 g/mol. The molecule has 0 fully saturated rings. The lowest BCUT2D eigenvalue weighted by atomic mass is 10.3. The third-order valence-corrected chi connectivity index (χ3v) is 6.39. The molecule has 1 aromatic heterocycles. The van der Waals surface area contributed by atoms with Gasteiger partial charge in [-0.05, 0) is 18.2 Å². The molecule has 0 unspecified atom stereocenters. The Bertz CT molecular complexity index is 833. The Kier molecular flexibility index (Phi) is 6.54. The summed E-state index contributed by atoms with van der Waals surface area (Å²) in [7, 11) is 0.838. The van der Waals surface area contributed by atoms with Gasteiger partial charge in [0.1, 0.15) is 5.75 Å². The van der Waals surface area contributed by atoms with E-state index in [0.29, 0.717) is 22.9 Å². The van der Waals surface area contributed by atoms with Crippen molar-refractivity contribution in [1.29, 1.82) is 0 Å². The Morgan fingerprint density at radius 1 is 1.28 bits per heavy atom. The minimum atomic E-state index is -3.65. The Hall–Kier alpha value is -1.94. The quantitative estimate of drug-likeness (QED) is 0.755. The summed E-state index contributed by atoms with van der Waals surface area (Å²) in [4.78, 5) is 12.8. The zero-order valence-electron chi connectivity index (χ0n) is 14.2. The number of hydrogen-bond donors (Lipinski definition) is 1. The molecule has 136 valence electrons. The molecular formula is C16H20N2O5S2. The molecule has 0 radical (unpaired) electrons. The maximum absolute atomic E-state index is 12.5. The normalized spacial score (nSPS) is 11.5. The number of amides is 1. The third-order valence-electron chi connectivity index (χ3n) is 3.47. The zero-order chi connectivity index (χ0) is 18.4. The fourth-order valence-electron chi connectivity index (χ4n) is 2.02. The van der Waals surface area contributed by atoms with Crippen LogP contribution in [0.15, 0.2) is 40.6 Å². The van der Waals surface area contributed by atoms with Crippen LogP contribution < -0.4 is 10.1 Å². The first-order valence-electron chi connectivity index (χ1n) is 7.38. The Morgan fingerprint density at radius 3 is 2.68 bits per heavy atom. The van der Waals surface area contributed by atoms with Gasteiger partial charge >= 0.3 is 0 Å². The standard InChI is InChI=1S/C16H20N2O5S2/c1-18(8-9-22-2)25(20,21)12-10-15(24-11-12)16(19)17-13-6-4-5-7-14(13)23-3/h4-7,10-11H,8-9H2,1-3H3,(H,17,19). The van der Waals surface area contributed by atoms with Gasteiger partial charge in [0, 0.05) is 26.1 Å². The predicted molar refractivity (Wildman–Crippen MR) is 97.0 cm³/mol. The topological polar surface area (TPSA) is 84.9 Å². The number of likely N-dealkylation sites (N-methyl/N-ethyl adjacent to an activating group) is 1. The fourth-order valence-corrected chi connectivity index (χ4v) is 4.34. The number of carbonyl (C=O) groups is 1. The minimum absolute atomic E-state index is 0.0845. The van der Waals surface area contributed by atoms with E-state index in [4.69, 9.17) is 9.47 Å². The first-order valence-corrected chi connectivity index (χ1v) is 9.70. The van der Waals surface area contributed by atoms with Crippen molar-refractivity contribution in [3.63, 3.8) is 0 Å². The average Bonchev–Trinajstić information content (AvgIpc) is 3.11. The highest BCUT2D eigenvalue weighted by atomic mass is 32.2. The van der Waals surface area contributed by atoms with Crippen molar-refractivity contribution < 1.29 is 22.7 Å². The van der Waals surface area contributed by atoms with Crippen LogP contribution in [0.25, 0.3) is 0 Å². The zero-order valence-corrected chi connectivity index (χ0v) is 15.8. The number of methoxy groups -OCH3 is 2. The molecule has 0 bridgehead atoms. The molecule has 0 saturated heterocycles. The molecule has 9 heteroatoms. The van der Waals surface area contributed by atoms with Crippen LogP contribution >= 0.6 is 11.3 Å². The Morgan fingerprint density at radius 2 is 2.00 bits per heavy atom. The molecule has 0 aliphatic heterocycles. The van der Waals surface area contributed by atoms with E-state index in [2.05, 4.69) is 5.32 Å². The van der Waals surface area contributed by atoms with Crippen LogP contribution in [-0.2, 0) is 14.8 Å². The molecule has 1 amide bonds. The van der Waals surface area contributed by atoms with E-state index in [9.17, 15) is 13.2 Å². The maximum Gasteiger partial charge on any atom is 0.265 e. The Labute approximate surface area is 151 Å². The van der Waals surface area contributed by atoms with Crippen LogP contribution in [0.1, 0.15) is 9.67 Å². The number of para-hydroxylation sites is 2. The van der Waals surface area contributed by atoms with E-state index in [1.165, 1.54) is 37.0 Å². The molecule has 0 saturated carbocycles. The van der Waals surface area contributed by atoms with Crippen molar-refractivity contribution in [3.8, 4) is 5.75 Å². The second kappa shape index (κ2) is 8.43. The number of sulfonamides is 1. The Balaban J connectivity index is 2.16. The SMILES string of the molecule is COCCN(C)S(=O)(=O)c1csc(C(=O)Nc2ccccc2OC)c1. The van der Waals surface area contributed by atoms with Crippen LogP contribution in [0.4, 0.5) is 5.69 Å². The van der Waals surface area contributed by atoms with E-state index < -0.39 is 15.9 Å². The molecule has 0 aliphatic carbocycles. The van der Waals surface area contributed by atoms with Crippen LogP contribution in [0.2, 0.25) is 0 Å². The predicted octanol–water partition coefficient (Wildman–Crippen LogP) is 2.28. The number of benzene rings is 1. The lowest BCUT2D eigenvalue weighted by molar-refractivity contribution is 0.103. The summed E-state index contributed by atoms with van der Waals surface area (Å²) < 4.78 is 36.2. The highest BCUT2D eigenvalue weighted by molar-refractivity contribution is 7.89. The van der Waals surface area contributed by atoms with Gasteiger partial charge in [0.05, 0.1) is 29.2 Å². The molecule has 0 spiro atoms. The van der Waals surface area contributed by atoms with Gasteiger partial charge in [0.2, 0.25) is 10.0 Å². The highest BCUT2D eigenvalue weighted by Gasteiger charge is 2.23. The second-order valence-electron chi connectivity index (χ2n) is 5.12. The van der Waals surface area contributed by atoms with Gasteiger partial charge in [-0.1, -0.05) is 12.1 Å². The molecule has 2 aromatic rings. The number of thiophene rings is 1. The smallest absolute Gasteiger partial charge is 0.265 e. The number of hydrogen-bond acceptors (Lipinski definition) is 6. The van der Waals surface area contributed by atoms with Gasteiger partial charge in [-0.15, -0.1) is 11.3 Å². The average molecular weight is 384 g/mol. The molecule has 2 rings (SSSR count). The van der Waals surface area contributed by atoms with Gasteiger partial charge in [-0.25, -0.2) is 8.42 Å². The number of anilines is 1. The molecule has 7 nitrogen and oxygen atoms in total. The summed E-state index contributed by atoms with van der Waals surface area (Å²) in [5, 5.41) is 4.18. The van der Waals surface area contributed by atoms with Gasteiger partial charge in [0.15, 0.2) is 0 Å². The monoisotopic (exact) mass is 384 g/mol. The third kappa shape index (κ3) is 4.57. The number of nitrogens with zero attached hydrogens (tertiary/aromatic N) is 1. The van der Waals surface area contributed by atoms with Crippen molar-refractivity contribution >= 4 is 33.0 Å². The van der Waals surface area contributed by atoms with Crippen LogP contribution in [0.3, 0.4) is 0 Å². The summed E-state index contributed by atoms with van der Waals surface area (Å²) in [6, 6.07) is 8.37. The number of nitrogens with one attached hydrogen (secondary N) is 1. The van der Waals surface area contributed by atoms with Crippen molar-refractivity contribution in [2.75, 3.05) is 39.7 Å². The molecule has 1 aromatic carbocycles. The van der Waals surface area contributed by atoms with Gasteiger partial charge in [-0.2, -0.15) is 4.31 Å². The van der Waals surface area contributed by atoms with Crippen LogP contribution in [-0.4, -0.2) is 53.0 Å². The molecule has 0 atom stereocenters. The van der Waals surface area contributed by atoms with Crippen molar-refractivity contribution in [2.45, 2.75) is 4.90 Å². The van der Waals surface area contributed by atoms with E-state index in [1.54, 1.807) is 24.3 Å². The summed E-state index contributed by atoms with van der Waals surface area (Å²) in [5.41, 5.74) is 0.519. The van der Waals surface area contributed by atoms with Crippen LogP contribution in [0.5, 0.6) is 5.75 Å². The van der Waals surface area contributed by atoms with Gasteiger partial charge in [0.25, 0.3) is 5.91 Å². The van der Waals surface area contributed by atoms with E-state index >= 15 is 0 Å². The first kappa shape index (κ1) is 19.4. The van der Waals surface area contributed by atoms with E-state index in [1.807, 2.05) is 0 Å². The van der Waals surface area contributed by atoms with Crippen molar-refractivity contribution in [3.05, 3.63) is 40.6 Å². The second-order valence-corrected chi connectivity index (χ2v) is 8.08. The number of ether oxygens (including phenoxy) is 2. The first-order chi connectivity index (χ1) is 11.9. The lowest BCUT2D eigenvalue weighted by Crippen LogP contribution is -2.29. The van der Waals surface area contributed by atoms with Crippen molar-refractivity contribution in [1.82, 2.24) is 4.31 Å². The summed E-state index contributed by atoms with van der Waals surface area (Å²) >= 11 is 1.07. The summed E-state index contributed by atoms with van der Waals surface area (Å²) in [5.74, 6) is 0.134. The highest BCUT2D eigenvalue weighted by Crippen LogP contribution is 2.26. The molecule has 1 heterocycles. The van der Waals surface area contributed by atoms with Crippen LogP contribution in [0, 0.1) is 0 Å². The van der Waals surface area contributed by atoms with Gasteiger partial charge in [-0.3, -0.25) is 4.79 Å². The minimum Gasteiger partial charge on any atom is -0.495 e. The maximum atomic E-state index is 12.5. The molecule has 0 aliphatic rings. The van der Waals surface area contributed by atoms with Crippen molar-refractivity contribution in [2.24, 2.45) is 0 Å². The van der Waals surface area contributed by atoms with Gasteiger partial charge < -0.3 is 14.8 Å². The lowest BCUT2D eigenvalue weighted by Gasteiger charge is -2.15. The number of carbonyl (C=O) groups excluding carboxylic acids is 1. The molecule has 1 N–H and O–H groups in total. The van der Waals surface area contributed by atoms with E-state index in [-0.39, 0.29) is 11.4 Å². The van der Waals surface area contributed by atoms with E-state index in [0.717, 1.165) is 11.3 Å². The summed E-state index contributed by atoms with van der Waals surface area (Å²) in [6.45, 7) is 0.526. The fraction of sp³-hybridized carbons (Fsp3) is 0.312. The largest absolute Gasteiger partial charge is 0.495 e.